The number of nitrogens with one attached hydrogen (secondary N) is 1. The van der Waals surface area contributed by atoms with Gasteiger partial charge in [-0.1, -0.05) is 26.7 Å². The first-order chi connectivity index (χ1) is 9.15. The van der Waals surface area contributed by atoms with E-state index in [-0.39, 0.29) is 18.1 Å². The van der Waals surface area contributed by atoms with Gasteiger partial charge in [0.1, 0.15) is 11.5 Å². The molecule has 0 unspecified atom stereocenters. The van der Waals surface area contributed by atoms with E-state index in [0.29, 0.717) is 13.1 Å². The maximum Gasteiger partial charge on any atom is 0.123 e. The van der Waals surface area contributed by atoms with Crippen LogP contribution in [0.4, 0.5) is 0 Å². The Morgan fingerprint density at radius 1 is 1.05 bits per heavy atom. The number of aliphatic hydroxyl groups excluding tert-OH is 1. The topological polar surface area (TPSA) is 72.7 Å². The number of aliphatic hydroxyl groups is 1. The Hall–Kier alpha value is -1.26. The largest absolute Gasteiger partial charge is 0.508 e. The number of benzene rings is 1. The molecule has 0 amide bonds. The second kappa shape index (κ2) is 8.02. The van der Waals surface area contributed by atoms with Crippen molar-refractivity contribution in [1.29, 1.82) is 0 Å². The van der Waals surface area contributed by atoms with Crippen LogP contribution < -0.4 is 5.32 Å². The highest BCUT2D eigenvalue weighted by molar-refractivity contribution is 5.52. The molecular formula is C15H25NO3. The van der Waals surface area contributed by atoms with Gasteiger partial charge in [-0.2, -0.15) is 0 Å². The molecule has 0 aliphatic rings. The van der Waals surface area contributed by atoms with Gasteiger partial charge in [-0.3, -0.25) is 0 Å². The lowest BCUT2D eigenvalue weighted by Crippen LogP contribution is -2.19. The number of hydrogen-bond acceptors (Lipinski definition) is 4. The molecule has 4 N–H and O–H groups in total. The Morgan fingerprint density at radius 2 is 1.74 bits per heavy atom. The summed E-state index contributed by atoms with van der Waals surface area (Å²) in [6.07, 6.45) is 3.32. The molecule has 0 saturated heterocycles. The highest BCUT2D eigenvalue weighted by atomic mass is 16.3. The molecule has 0 bridgehead atoms. The van der Waals surface area contributed by atoms with E-state index in [1.807, 2.05) is 13.8 Å². The van der Waals surface area contributed by atoms with E-state index < -0.39 is 0 Å². The van der Waals surface area contributed by atoms with Gasteiger partial charge < -0.3 is 20.6 Å². The molecular weight excluding hydrogens is 242 g/mol. The maximum atomic E-state index is 10.3. The molecule has 0 spiro atoms. The van der Waals surface area contributed by atoms with Crippen molar-refractivity contribution in [2.24, 2.45) is 0 Å². The molecule has 4 heteroatoms. The van der Waals surface area contributed by atoms with Gasteiger partial charge in [0.25, 0.3) is 0 Å². The Labute approximate surface area is 115 Å². The highest BCUT2D eigenvalue weighted by Gasteiger charge is 2.16. The lowest BCUT2D eigenvalue weighted by atomic mass is 9.95. The standard InChI is InChI=1S/C15H25NO3/c1-3-5-11-9-14(18)12(6-4-2)13(15(11)19)10-16-7-8-17/h9,16-19H,3-8,10H2,1-2H3. The molecule has 1 aromatic rings. The minimum absolute atomic E-state index is 0.0600. The van der Waals surface area contributed by atoms with Gasteiger partial charge in [-0.25, -0.2) is 0 Å². The van der Waals surface area contributed by atoms with E-state index in [0.717, 1.165) is 42.4 Å². The molecule has 4 nitrogen and oxygen atoms in total. The zero-order valence-corrected chi connectivity index (χ0v) is 11.9. The van der Waals surface area contributed by atoms with Crippen molar-refractivity contribution in [2.75, 3.05) is 13.2 Å². The Kier molecular flexibility index (Phi) is 6.67. The molecule has 0 heterocycles. The van der Waals surface area contributed by atoms with Crippen LogP contribution in [0.1, 0.15) is 43.4 Å². The first-order valence-corrected chi connectivity index (χ1v) is 7.02. The summed E-state index contributed by atoms with van der Waals surface area (Å²) in [5.41, 5.74) is 2.37. The monoisotopic (exact) mass is 267 g/mol. The van der Waals surface area contributed by atoms with E-state index in [4.69, 9.17) is 5.11 Å². The summed E-state index contributed by atoms with van der Waals surface area (Å²) in [7, 11) is 0. The summed E-state index contributed by atoms with van der Waals surface area (Å²) in [6, 6.07) is 1.68. The fourth-order valence-electron chi connectivity index (χ4n) is 2.28. The third kappa shape index (κ3) is 4.11. The van der Waals surface area contributed by atoms with Crippen LogP contribution in [-0.4, -0.2) is 28.5 Å². The van der Waals surface area contributed by atoms with Crippen LogP contribution in [-0.2, 0) is 19.4 Å². The number of phenolic OH excluding ortho intramolecular Hbond substituents is 2. The van der Waals surface area contributed by atoms with Crippen molar-refractivity contribution in [3.63, 3.8) is 0 Å². The summed E-state index contributed by atoms with van der Waals surface area (Å²) in [5, 5.41) is 32.3. The summed E-state index contributed by atoms with van der Waals surface area (Å²) in [4.78, 5) is 0. The molecule has 1 aromatic carbocycles. The van der Waals surface area contributed by atoms with E-state index in [1.165, 1.54) is 0 Å². The number of aromatic hydroxyl groups is 2. The van der Waals surface area contributed by atoms with Crippen molar-refractivity contribution in [3.8, 4) is 11.5 Å². The number of phenols is 2. The number of hydrogen-bond donors (Lipinski definition) is 4. The first kappa shape index (κ1) is 15.8. The molecule has 0 aliphatic carbocycles. The van der Waals surface area contributed by atoms with Gasteiger partial charge in [-0.05, 0) is 24.5 Å². The summed E-state index contributed by atoms with van der Waals surface area (Å²) < 4.78 is 0. The zero-order chi connectivity index (χ0) is 14.3. The lowest BCUT2D eigenvalue weighted by molar-refractivity contribution is 0.291. The molecule has 1 rings (SSSR count). The van der Waals surface area contributed by atoms with Gasteiger partial charge >= 0.3 is 0 Å². The Bertz CT molecular complexity index is 405. The van der Waals surface area contributed by atoms with Crippen molar-refractivity contribution in [2.45, 2.75) is 46.1 Å². The highest BCUT2D eigenvalue weighted by Crippen LogP contribution is 2.34. The molecule has 0 fully saturated rings. The molecule has 108 valence electrons. The van der Waals surface area contributed by atoms with E-state index >= 15 is 0 Å². The van der Waals surface area contributed by atoms with Crippen LogP contribution >= 0.6 is 0 Å². The normalized spacial score (nSPS) is 10.9. The predicted molar refractivity (Wildman–Crippen MR) is 76.6 cm³/mol. The van der Waals surface area contributed by atoms with Crippen molar-refractivity contribution < 1.29 is 15.3 Å². The average molecular weight is 267 g/mol. The minimum Gasteiger partial charge on any atom is -0.508 e. The second-order valence-corrected chi connectivity index (χ2v) is 4.76. The zero-order valence-electron chi connectivity index (χ0n) is 11.9. The summed E-state index contributed by atoms with van der Waals surface area (Å²) >= 11 is 0. The van der Waals surface area contributed by atoms with Crippen LogP contribution in [0.25, 0.3) is 0 Å². The Balaban J connectivity index is 3.10. The fourth-order valence-corrected chi connectivity index (χ4v) is 2.28. The molecule has 0 saturated carbocycles. The first-order valence-electron chi connectivity index (χ1n) is 7.02. The van der Waals surface area contributed by atoms with E-state index in [1.54, 1.807) is 6.07 Å². The summed E-state index contributed by atoms with van der Waals surface area (Å²) in [6.45, 7) is 5.09. The third-order valence-electron chi connectivity index (χ3n) is 3.18. The third-order valence-corrected chi connectivity index (χ3v) is 3.18. The van der Waals surface area contributed by atoms with E-state index in [2.05, 4.69) is 5.32 Å². The molecule has 0 aromatic heterocycles. The van der Waals surface area contributed by atoms with Crippen LogP contribution in [0, 0.1) is 0 Å². The fraction of sp³-hybridized carbons (Fsp3) is 0.600. The van der Waals surface area contributed by atoms with Crippen molar-refractivity contribution >= 4 is 0 Å². The molecule has 0 radical (unpaired) electrons. The smallest absolute Gasteiger partial charge is 0.123 e. The van der Waals surface area contributed by atoms with Gasteiger partial charge in [0.2, 0.25) is 0 Å². The molecule has 19 heavy (non-hydrogen) atoms. The van der Waals surface area contributed by atoms with Gasteiger partial charge in [0, 0.05) is 24.2 Å². The van der Waals surface area contributed by atoms with Gasteiger partial charge in [0.15, 0.2) is 0 Å². The average Bonchev–Trinajstić information content (AvgIpc) is 2.39. The van der Waals surface area contributed by atoms with Crippen LogP contribution in [0.2, 0.25) is 0 Å². The summed E-state index contributed by atoms with van der Waals surface area (Å²) in [5.74, 6) is 0.553. The van der Waals surface area contributed by atoms with Crippen molar-refractivity contribution in [3.05, 3.63) is 22.8 Å². The van der Waals surface area contributed by atoms with Crippen LogP contribution in [0.5, 0.6) is 11.5 Å². The van der Waals surface area contributed by atoms with Crippen molar-refractivity contribution in [1.82, 2.24) is 5.32 Å². The molecule has 0 atom stereocenters. The minimum atomic E-state index is 0.0600. The quantitative estimate of drug-likeness (QED) is 0.430. The molecule has 0 aliphatic heterocycles. The number of rotatable bonds is 8. The maximum absolute atomic E-state index is 10.3. The lowest BCUT2D eigenvalue weighted by Gasteiger charge is -2.17. The second-order valence-electron chi connectivity index (χ2n) is 4.76. The van der Waals surface area contributed by atoms with E-state index in [9.17, 15) is 10.2 Å². The van der Waals surface area contributed by atoms with Crippen LogP contribution in [0.15, 0.2) is 6.07 Å². The van der Waals surface area contributed by atoms with Gasteiger partial charge in [0.05, 0.1) is 6.61 Å². The van der Waals surface area contributed by atoms with Gasteiger partial charge in [-0.15, -0.1) is 0 Å². The SMILES string of the molecule is CCCc1cc(O)c(CCC)c(CNCCO)c1O. The Morgan fingerprint density at radius 3 is 2.32 bits per heavy atom. The van der Waals surface area contributed by atoms with Crippen LogP contribution in [0.3, 0.4) is 0 Å². The predicted octanol–water partition coefficient (Wildman–Crippen LogP) is 2.08. The number of aryl methyl sites for hydroxylation is 1.